The van der Waals surface area contributed by atoms with Gasteiger partial charge < -0.3 is 21.8 Å². The zero-order valence-electron chi connectivity index (χ0n) is 12.0. The molecule has 0 aromatic heterocycles. The Kier molecular flexibility index (Phi) is 8.86. The minimum absolute atomic E-state index is 0. The second-order valence-electron chi connectivity index (χ2n) is 6.05. The van der Waals surface area contributed by atoms with E-state index < -0.39 is 5.54 Å². The monoisotopic (exact) mass is 319 g/mol. The molecular weight excluding hydrogens is 296 g/mol. The molecule has 0 aliphatic rings. The lowest BCUT2D eigenvalue weighted by molar-refractivity contribution is -0.869. The average molecular weight is 321 g/mol. The molecule has 0 spiro atoms. The molecule has 0 aliphatic carbocycles. The Morgan fingerprint density at radius 3 is 2.00 bits per heavy atom. The molecule has 7 heteroatoms. The zero-order valence-corrected chi connectivity index (χ0v) is 14.3. The van der Waals surface area contributed by atoms with E-state index in [1.165, 1.54) is 0 Å². The number of amides is 1. The van der Waals surface area contributed by atoms with Crippen molar-refractivity contribution in [3.05, 3.63) is 0 Å². The number of halogens is 3. The molecule has 0 aromatic rings. The predicted octanol–water partition coefficient (Wildman–Crippen LogP) is -1.07. The summed E-state index contributed by atoms with van der Waals surface area (Å²) in [6.45, 7) is 5.30. The number of nitrogens with zero attached hydrogens (tertiary/aromatic N) is 3. The first kappa shape index (κ1) is 20.6. The van der Waals surface area contributed by atoms with Crippen LogP contribution in [0.5, 0.6) is 0 Å². The summed E-state index contributed by atoms with van der Waals surface area (Å²) < 4.78 is 1.87. The van der Waals surface area contributed by atoms with Crippen LogP contribution in [0.25, 0.3) is 0 Å². The summed E-state index contributed by atoms with van der Waals surface area (Å²) in [7, 11) is 8.10. The Labute approximate surface area is 127 Å². The fourth-order valence-electron chi connectivity index (χ4n) is 1.14. The average Bonchev–Trinajstić information content (AvgIpc) is 2.11. The van der Waals surface area contributed by atoms with Gasteiger partial charge >= 0.3 is 0 Å². The molecule has 0 heterocycles. The van der Waals surface area contributed by atoms with E-state index in [4.69, 9.17) is 23.6 Å². The van der Waals surface area contributed by atoms with Crippen molar-refractivity contribution in [2.45, 2.75) is 25.8 Å². The van der Waals surface area contributed by atoms with Gasteiger partial charge in [0, 0.05) is 13.5 Å². The number of rotatable bonds is 6. The highest BCUT2D eigenvalue weighted by molar-refractivity contribution is 6.34. The first-order chi connectivity index (χ1) is 7.46. The standard InChI is InChI=1S/C11H24Cl2N3O.ClH/c1-11(2,15(12)13)9-10(17)14(3)7-8-16(4,5)6;/h7-9H2,1-6H3;1H/q+1;/p-1. The highest BCUT2D eigenvalue weighted by Crippen LogP contribution is 2.24. The van der Waals surface area contributed by atoms with Gasteiger partial charge in [0.05, 0.1) is 39.8 Å². The van der Waals surface area contributed by atoms with Gasteiger partial charge in [-0.1, -0.05) is 0 Å². The van der Waals surface area contributed by atoms with E-state index in [0.29, 0.717) is 6.42 Å². The Morgan fingerprint density at radius 2 is 1.67 bits per heavy atom. The molecular formula is C11H24Cl3N3O. The fraction of sp³-hybridized carbons (Fsp3) is 0.909. The lowest BCUT2D eigenvalue weighted by atomic mass is 10.0. The molecule has 4 nitrogen and oxygen atoms in total. The molecule has 18 heavy (non-hydrogen) atoms. The maximum atomic E-state index is 12.0. The van der Waals surface area contributed by atoms with Crippen molar-refractivity contribution in [2.75, 3.05) is 41.3 Å². The Morgan fingerprint density at radius 1 is 1.22 bits per heavy atom. The Hall–Kier alpha value is 0.260. The van der Waals surface area contributed by atoms with Gasteiger partial charge in [-0.25, -0.2) is 0 Å². The molecule has 0 fully saturated rings. The van der Waals surface area contributed by atoms with Crippen LogP contribution in [0.1, 0.15) is 20.3 Å². The summed E-state index contributed by atoms with van der Waals surface area (Å²) >= 11 is 11.4. The Balaban J connectivity index is 0. The second kappa shape index (κ2) is 7.75. The van der Waals surface area contributed by atoms with Crippen LogP contribution in [-0.2, 0) is 4.79 Å². The number of quaternary nitrogens is 1. The summed E-state index contributed by atoms with van der Waals surface area (Å²) in [5.74, 6) is 0.0507. The summed E-state index contributed by atoms with van der Waals surface area (Å²) in [5.41, 5.74) is -0.551. The number of hydrogen-bond donors (Lipinski definition) is 0. The van der Waals surface area contributed by atoms with Gasteiger partial charge in [0.15, 0.2) is 0 Å². The lowest BCUT2D eigenvalue weighted by Gasteiger charge is -2.30. The molecule has 0 aliphatic heterocycles. The predicted molar refractivity (Wildman–Crippen MR) is 72.8 cm³/mol. The van der Waals surface area contributed by atoms with Crippen molar-refractivity contribution in [3.8, 4) is 0 Å². The van der Waals surface area contributed by atoms with E-state index >= 15 is 0 Å². The number of carbonyl (C=O) groups is 1. The van der Waals surface area contributed by atoms with Gasteiger partial charge in [-0.15, -0.1) is 3.94 Å². The third kappa shape index (κ3) is 8.38. The minimum Gasteiger partial charge on any atom is -1.00 e. The molecule has 0 atom stereocenters. The minimum atomic E-state index is -0.551. The largest absolute Gasteiger partial charge is 1.00 e. The lowest BCUT2D eigenvalue weighted by Crippen LogP contribution is -3.00. The first-order valence-corrected chi connectivity index (χ1v) is 6.29. The molecule has 0 N–H and O–H groups in total. The molecule has 0 unspecified atom stereocenters. The van der Waals surface area contributed by atoms with Crippen LogP contribution < -0.4 is 12.4 Å². The molecule has 0 rings (SSSR count). The van der Waals surface area contributed by atoms with Crippen LogP contribution in [0.2, 0.25) is 0 Å². The van der Waals surface area contributed by atoms with Crippen LogP contribution in [0, 0.1) is 0 Å². The van der Waals surface area contributed by atoms with E-state index in [9.17, 15) is 4.79 Å². The summed E-state index contributed by atoms with van der Waals surface area (Å²) in [6, 6.07) is 0. The summed E-state index contributed by atoms with van der Waals surface area (Å²) in [4.78, 5) is 13.7. The van der Waals surface area contributed by atoms with E-state index in [-0.39, 0.29) is 18.3 Å². The third-order valence-electron chi connectivity index (χ3n) is 2.57. The van der Waals surface area contributed by atoms with Crippen LogP contribution in [-0.4, -0.2) is 66.0 Å². The van der Waals surface area contributed by atoms with Crippen molar-refractivity contribution < 1.29 is 21.7 Å². The van der Waals surface area contributed by atoms with E-state index in [0.717, 1.165) is 21.5 Å². The molecule has 0 bridgehead atoms. The third-order valence-corrected chi connectivity index (χ3v) is 3.49. The molecule has 0 aromatic carbocycles. The van der Waals surface area contributed by atoms with E-state index in [1.54, 1.807) is 11.9 Å². The van der Waals surface area contributed by atoms with E-state index in [1.807, 2.05) is 13.8 Å². The fourth-order valence-corrected chi connectivity index (χ4v) is 1.26. The van der Waals surface area contributed by atoms with Crippen molar-refractivity contribution in [3.63, 3.8) is 0 Å². The summed E-state index contributed by atoms with van der Waals surface area (Å²) in [6.07, 6.45) is 0.299. The van der Waals surface area contributed by atoms with Gasteiger partial charge in [0.1, 0.15) is 0 Å². The summed E-state index contributed by atoms with van der Waals surface area (Å²) in [5, 5.41) is 0. The number of likely N-dealkylation sites (N-methyl/N-ethyl adjacent to an activating group) is 2. The first-order valence-electron chi connectivity index (χ1n) is 5.62. The SMILES string of the molecule is CN(CC[N+](C)(C)C)C(=O)CC(C)(C)N(Cl)Cl.[Cl-]. The van der Waals surface area contributed by atoms with Gasteiger partial charge in [0.25, 0.3) is 0 Å². The van der Waals surface area contributed by atoms with Crippen LogP contribution in [0.3, 0.4) is 0 Å². The highest BCUT2D eigenvalue weighted by atomic mass is 35.5. The van der Waals surface area contributed by atoms with Crippen LogP contribution in [0.4, 0.5) is 0 Å². The maximum Gasteiger partial charge on any atom is 0.224 e. The van der Waals surface area contributed by atoms with Gasteiger partial charge in [0.2, 0.25) is 5.91 Å². The molecule has 0 saturated heterocycles. The van der Waals surface area contributed by atoms with Gasteiger partial charge in [-0.2, -0.15) is 0 Å². The van der Waals surface area contributed by atoms with E-state index in [2.05, 4.69) is 21.1 Å². The highest BCUT2D eigenvalue weighted by Gasteiger charge is 2.29. The second-order valence-corrected chi connectivity index (χ2v) is 6.90. The van der Waals surface area contributed by atoms with Crippen molar-refractivity contribution in [1.82, 2.24) is 8.84 Å². The number of carbonyl (C=O) groups excluding carboxylic acids is 1. The number of hydrogen-bond acceptors (Lipinski definition) is 2. The topological polar surface area (TPSA) is 23.6 Å². The van der Waals surface area contributed by atoms with Crippen molar-refractivity contribution in [2.24, 2.45) is 0 Å². The Bertz CT molecular complexity index is 265. The normalized spacial score (nSPS) is 12.3. The molecule has 110 valence electrons. The maximum absolute atomic E-state index is 12.0. The molecule has 1 amide bonds. The van der Waals surface area contributed by atoms with Gasteiger partial charge in [-0.3, -0.25) is 4.79 Å². The van der Waals surface area contributed by atoms with Gasteiger partial charge in [-0.05, 0) is 37.4 Å². The molecule has 0 radical (unpaired) electrons. The zero-order chi connectivity index (χ0) is 13.9. The smallest absolute Gasteiger partial charge is 0.224 e. The van der Waals surface area contributed by atoms with Crippen LogP contribution in [0.15, 0.2) is 0 Å². The van der Waals surface area contributed by atoms with Crippen molar-refractivity contribution >= 4 is 29.5 Å². The quantitative estimate of drug-likeness (QED) is 0.460. The van der Waals surface area contributed by atoms with Crippen molar-refractivity contribution in [1.29, 1.82) is 0 Å². The molecule has 0 saturated carbocycles. The van der Waals surface area contributed by atoms with Crippen LogP contribution >= 0.6 is 23.6 Å².